The first kappa shape index (κ1) is 24.5. The Labute approximate surface area is 203 Å². The molecule has 34 heavy (non-hydrogen) atoms. The van der Waals surface area contributed by atoms with E-state index in [4.69, 9.17) is 0 Å². The molecule has 1 aromatic carbocycles. The van der Waals surface area contributed by atoms with Gasteiger partial charge in [-0.15, -0.1) is 0 Å². The van der Waals surface area contributed by atoms with Gasteiger partial charge in [-0.25, -0.2) is 4.79 Å². The fraction of sp³-hybridized carbons (Fsp3) is 0.593. The van der Waals surface area contributed by atoms with E-state index in [2.05, 4.69) is 67.8 Å². The lowest BCUT2D eigenvalue weighted by molar-refractivity contribution is 0.0585. The number of carbonyl (C=O) groups is 2. The summed E-state index contributed by atoms with van der Waals surface area (Å²) >= 11 is 0. The highest BCUT2D eigenvalue weighted by Gasteiger charge is 2.36. The molecule has 0 radical (unpaired) electrons. The molecule has 4 rings (SSSR count). The maximum atomic E-state index is 12.9. The third-order valence-corrected chi connectivity index (χ3v) is 8.06. The van der Waals surface area contributed by atoms with Crippen LogP contribution in [0.3, 0.4) is 0 Å². The van der Waals surface area contributed by atoms with Gasteiger partial charge in [0.25, 0.3) is 0 Å². The van der Waals surface area contributed by atoms with E-state index >= 15 is 0 Å². The molecule has 1 amide bonds. The van der Waals surface area contributed by atoms with Crippen molar-refractivity contribution in [2.45, 2.75) is 84.5 Å². The molecule has 2 fully saturated rings. The first-order valence-corrected chi connectivity index (χ1v) is 12.5. The van der Waals surface area contributed by atoms with Crippen molar-refractivity contribution in [3.8, 4) is 0 Å². The Bertz CT molecular complexity index is 1040. The van der Waals surface area contributed by atoms with Crippen molar-refractivity contribution in [2.75, 3.05) is 25.0 Å². The van der Waals surface area contributed by atoms with Crippen LogP contribution in [0.2, 0.25) is 0 Å². The molecule has 2 aliphatic rings. The topological polar surface area (TPSA) is 61.7 Å². The van der Waals surface area contributed by atoms with E-state index < -0.39 is 0 Å². The normalized spacial score (nSPS) is 22.4. The number of piperidine rings is 1. The minimum Gasteiger partial charge on any atom is -0.366 e. The molecule has 2 saturated heterocycles. The van der Waals surface area contributed by atoms with Gasteiger partial charge in [0.1, 0.15) is 5.69 Å². The quantitative estimate of drug-likeness (QED) is 0.598. The lowest BCUT2D eigenvalue weighted by atomic mass is 9.87. The lowest BCUT2D eigenvalue weighted by Gasteiger charge is -2.45. The summed E-state index contributed by atoms with van der Waals surface area (Å²) in [6.45, 7) is 12.9. The van der Waals surface area contributed by atoms with Crippen molar-refractivity contribution in [2.24, 2.45) is 0 Å². The second-order valence-electron chi connectivity index (χ2n) is 10.6. The largest absolute Gasteiger partial charge is 0.366 e. The molecule has 0 saturated carbocycles. The highest BCUT2D eigenvalue weighted by molar-refractivity contribution is 5.92. The maximum Gasteiger partial charge on any atom is 0.344 e. The number of Topliss-reactive ketones (excluding diaryl/α,β-unsaturated/α-hetero) is 1. The van der Waals surface area contributed by atoms with Crippen LogP contribution in [0.4, 0.5) is 10.5 Å². The Morgan fingerprint density at radius 3 is 2.35 bits per heavy atom. The number of hydrogen-bond donors (Lipinski definition) is 0. The fourth-order valence-corrected chi connectivity index (χ4v) is 5.49. The number of carbonyl (C=O) groups excluding carboxylic acids is 2. The van der Waals surface area contributed by atoms with E-state index in [0.29, 0.717) is 30.9 Å². The van der Waals surface area contributed by atoms with E-state index in [1.165, 1.54) is 41.3 Å². The van der Waals surface area contributed by atoms with Crippen LogP contribution < -0.4 is 4.90 Å². The molecular formula is C27H39N5O2. The number of rotatable bonds is 5. The van der Waals surface area contributed by atoms with Gasteiger partial charge in [0.15, 0.2) is 5.78 Å². The number of amides is 1. The SMILES string of the molecule is CC(=O)c1ccn(C(=O)N2CCC(C)(N(C)Cc3ccc(C)cc3N3[C@H](C)CC[C@@H]3C)CC2)n1. The number of ketones is 1. The van der Waals surface area contributed by atoms with Gasteiger partial charge in [-0.2, -0.15) is 9.78 Å². The Kier molecular flexibility index (Phi) is 6.85. The van der Waals surface area contributed by atoms with Gasteiger partial charge in [-0.1, -0.05) is 12.1 Å². The second-order valence-corrected chi connectivity index (χ2v) is 10.6. The molecule has 2 aliphatic heterocycles. The zero-order valence-electron chi connectivity index (χ0n) is 21.5. The summed E-state index contributed by atoms with van der Waals surface area (Å²) in [5, 5.41) is 4.14. The summed E-state index contributed by atoms with van der Waals surface area (Å²) < 4.78 is 1.29. The predicted molar refractivity (Wildman–Crippen MR) is 136 cm³/mol. The lowest BCUT2D eigenvalue weighted by Crippen LogP contribution is -2.53. The Hall–Kier alpha value is -2.67. The highest BCUT2D eigenvalue weighted by atomic mass is 16.2. The van der Waals surface area contributed by atoms with Crippen LogP contribution in [0.25, 0.3) is 0 Å². The summed E-state index contributed by atoms with van der Waals surface area (Å²) in [5.41, 5.74) is 4.39. The number of aryl methyl sites for hydroxylation is 1. The number of nitrogens with zero attached hydrogens (tertiary/aromatic N) is 5. The minimum absolute atomic E-state index is 0.00976. The number of benzene rings is 1. The zero-order chi connectivity index (χ0) is 24.6. The highest BCUT2D eigenvalue weighted by Crippen LogP contribution is 2.36. The molecule has 2 atom stereocenters. The van der Waals surface area contributed by atoms with E-state index in [0.717, 1.165) is 19.4 Å². The summed E-state index contributed by atoms with van der Waals surface area (Å²) in [6.07, 6.45) is 5.87. The fourth-order valence-electron chi connectivity index (χ4n) is 5.49. The zero-order valence-corrected chi connectivity index (χ0v) is 21.5. The molecule has 2 aromatic rings. The standard InChI is InChI=1S/C27H39N5O2/c1-19-7-10-23(25(17-19)32-20(2)8-9-21(32)3)18-29(6)27(5)12-15-30(16-13-27)26(34)31-14-11-24(28-31)22(4)33/h7,10-11,14,17,20-21H,8-9,12-13,15-16,18H2,1-6H3/t20-,21+. The van der Waals surface area contributed by atoms with E-state index in [1.54, 1.807) is 12.3 Å². The van der Waals surface area contributed by atoms with E-state index in [9.17, 15) is 9.59 Å². The van der Waals surface area contributed by atoms with Crippen LogP contribution in [0.15, 0.2) is 30.5 Å². The van der Waals surface area contributed by atoms with Crippen molar-refractivity contribution in [3.63, 3.8) is 0 Å². The van der Waals surface area contributed by atoms with Crippen molar-refractivity contribution in [3.05, 3.63) is 47.3 Å². The molecule has 3 heterocycles. The van der Waals surface area contributed by atoms with Gasteiger partial charge in [0, 0.05) is 56.1 Å². The number of aromatic nitrogens is 2. The Morgan fingerprint density at radius 2 is 1.76 bits per heavy atom. The first-order chi connectivity index (χ1) is 16.1. The molecule has 0 aliphatic carbocycles. The van der Waals surface area contributed by atoms with Gasteiger partial charge in [0.05, 0.1) is 0 Å². The van der Waals surface area contributed by atoms with Crippen LogP contribution in [-0.4, -0.2) is 69.2 Å². The molecule has 0 unspecified atom stereocenters. The first-order valence-electron chi connectivity index (χ1n) is 12.5. The third kappa shape index (κ3) is 4.76. The number of hydrogen-bond acceptors (Lipinski definition) is 5. The van der Waals surface area contributed by atoms with Crippen molar-refractivity contribution in [1.29, 1.82) is 0 Å². The van der Waals surface area contributed by atoms with Gasteiger partial charge < -0.3 is 9.80 Å². The smallest absolute Gasteiger partial charge is 0.344 e. The van der Waals surface area contributed by atoms with Crippen molar-refractivity contribution >= 4 is 17.5 Å². The van der Waals surface area contributed by atoms with Gasteiger partial charge >= 0.3 is 6.03 Å². The Morgan fingerprint density at radius 1 is 1.12 bits per heavy atom. The van der Waals surface area contributed by atoms with Crippen LogP contribution in [0, 0.1) is 6.92 Å². The van der Waals surface area contributed by atoms with Crippen LogP contribution in [0.5, 0.6) is 0 Å². The van der Waals surface area contributed by atoms with E-state index in [1.807, 2.05) is 4.90 Å². The predicted octanol–water partition coefficient (Wildman–Crippen LogP) is 4.73. The maximum absolute atomic E-state index is 12.9. The summed E-state index contributed by atoms with van der Waals surface area (Å²) in [5.74, 6) is -0.132. The van der Waals surface area contributed by atoms with Crippen LogP contribution in [0.1, 0.15) is 75.0 Å². The average Bonchev–Trinajstić information content (AvgIpc) is 3.42. The number of likely N-dealkylation sites (tertiary alicyclic amines) is 1. The Balaban J connectivity index is 1.44. The van der Waals surface area contributed by atoms with E-state index in [-0.39, 0.29) is 17.4 Å². The minimum atomic E-state index is -0.157. The molecule has 0 bridgehead atoms. The third-order valence-electron chi connectivity index (χ3n) is 8.06. The van der Waals surface area contributed by atoms with Crippen molar-refractivity contribution in [1.82, 2.24) is 19.6 Å². The molecule has 0 N–H and O–H groups in total. The summed E-state index contributed by atoms with van der Waals surface area (Å²) in [7, 11) is 2.21. The summed E-state index contributed by atoms with van der Waals surface area (Å²) in [6, 6.07) is 9.45. The molecule has 184 valence electrons. The monoisotopic (exact) mass is 465 g/mol. The van der Waals surface area contributed by atoms with Gasteiger partial charge in [-0.3, -0.25) is 9.69 Å². The van der Waals surface area contributed by atoms with Crippen LogP contribution >= 0.6 is 0 Å². The van der Waals surface area contributed by atoms with Gasteiger partial charge in [0.2, 0.25) is 0 Å². The molecule has 7 heteroatoms. The molecule has 1 aromatic heterocycles. The molecular weight excluding hydrogens is 426 g/mol. The van der Waals surface area contributed by atoms with Crippen molar-refractivity contribution < 1.29 is 9.59 Å². The van der Waals surface area contributed by atoms with Gasteiger partial charge in [-0.05, 0) is 83.7 Å². The average molecular weight is 466 g/mol. The summed E-state index contributed by atoms with van der Waals surface area (Å²) in [4.78, 5) is 31.3. The van der Waals surface area contributed by atoms with Crippen LogP contribution in [-0.2, 0) is 6.54 Å². The molecule has 7 nitrogen and oxygen atoms in total. The second kappa shape index (κ2) is 9.53. The number of anilines is 1. The molecule has 0 spiro atoms.